The van der Waals surface area contributed by atoms with Crippen LogP contribution >= 0.6 is 11.3 Å². The van der Waals surface area contributed by atoms with E-state index in [-0.39, 0.29) is 0 Å². The average Bonchev–Trinajstić information content (AvgIpc) is 2.22. The second kappa shape index (κ2) is 0.984. The maximum atomic E-state index is 2.14. The Morgan fingerprint density at radius 1 is 0.857 bits per heavy atom. The summed E-state index contributed by atoms with van der Waals surface area (Å²) < 4.78 is 2.77. The van der Waals surface area contributed by atoms with Crippen molar-refractivity contribution in [2.24, 2.45) is 0 Å². The Labute approximate surface area is 45.7 Å². The van der Waals surface area contributed by atoms with Crippen LogP contribution in [0.2, 0.25) is 0 Å². The lowest BCUT2D eigenvalue weighted by Crippen LogP contribution is -1.43. The maximum absolute atomic E-state index is 2.14. The van der Waals surface area contributed by atoms with Gasteiger partial charge in [-0.05, 0) is 24.3 Å². The van der Waals surface area contributed by atoms with Gasteiger partial charge in [-0.2, -0.15) is 0 Å². The second-order valence-corrected chi connectivity index (χ2v) is 2.72. The fourth-order valence-corrected chi connectivity index (χ4v) is 1.53. The summed E-state index contributed by atoms with van der Waals surface area (Å²) in [4.78, 5) is 0. The van der Waals surface area contributed by atoms with E-state index in [0.29, 0.717) is 0 Å². The Bertz CT molecular complexity index is 201. The number of hydrogen-bond donors (Lipinski definition) is 0. The average molecular weight is 108 g/mol. The van der Waals surface area contributed by atoms with Gasteiger partial charge in [0, 0.05) is 9.40 Å². The highest BCUT2D eigenvalue weighted by Gasteiger charge is 1.89. The third-order valence-corrected chi connectivity index (χ3v) is 2.08. The topological polar surface area (TPSA) is 0 Å². The molecule has 0 atom stereocenters. The van der Waals surface area contributed by atoms with E-state index in [1.165, 1.54) is 9.40 Å². The van der Waals surface area contributed by atoms with Gasteiger partial charge in [-0.15, -0.1) is 11.3 Å². The van der Waals surface area contributed by atoms with Gasteiger partial charge in [-0.1, -0.05) is 0 Å². The molecule has 34 valence electrons. The lowest BCUT2D eigenvalue weighted by molar-refractivity contribution is 1.97. The maximum Gasteiger partial charge on any atom is 0.0277 e. The standard InChI is InChI=1S/C6H4S/c1-2-6-4-3-5(1)7-6/h1-4H. The van der Waals surface area contributed by atoms with Crippen LogP contribution in [0.1, 0.15) is 0 Å². The molecule has 2 aromatic rings. The van der Waals surface area contributed by atoms with Gasteiger partial charge in [0.25, 0.3) is 0 Å². The highest BCUT2D eigenvalue weighted by atomic mass is 32.1. The van der Waals surface area contributed by atoms with Crippen molar-refractivity contribution in [2.45, 2.75) is 0 Å². The van der Waals surface area contributed by atoms with E-state index in [4.69, 9.17) is 0 Å². The Hall–Kier alpha value is -0.560. The predicted molar refractivity (Wildman–Crippen MR) is 33.0 cm³/mol. The molecule has 0 nitrogen and oxygen atoms in total. The fourth-order valence-electron chi connectivity index (χ4n) is 0.712. The van der Waals surface area contributed by atoms with Crippen LogP contribution in [0.5, 0.6) is 0 Å². The summed E-state index contributed by atoms with van der Waals surface area (Å²) in [5, 5.41) is 0. The van der Waals surface area contributed by atoms with Crippen LogP contribution in [-0.2, 0) is 0 Å². The van der Waals surface area contributed by atoms with Gasteiger partial charge in [0.1, 0.15) is 0 Å². The van der Waals surface area contributed by atoms with Crippen molar-refractivity contribution in [3.8, 4) is 0 Å². The normalized spacial score (nSPS) is 10.9. The number of rotatable bonds is 0. The highest BCUT2D eigenvalue weighted by molar-refractivity contribution is 7.24. The Kier molecular flexibility index (Phi) is 0.484. The molecule has 7 heavy (non-hydrogen) atoms. The summed E-state index contributed by atoms with van der Waals surface area (Å²) in [6.45, 7) is 0. The third kappa shape index (κ3) is 0.356. The van der Waals surface area contributed by atoms with Crippen LogP contribution < -0.4 is 0 Å². The molecule has 0 aliphatic carbocycles. The van der Waals surface area contributed by atoms with Gasteiger partial charge in [0.05, 0.1) is 0 Å². The fraction of sp³-hybridized carbons (Fsp3) is 0. The molecule has 0 saturated carbocycles. The van der Waals surface area contributed by atoms with Crippen LogP contribution in [0, 0.1) is 0 Å². The molecule has 0 aliphatic heterocycles. The Balaban J connectivity index is 3.18. The van der Waals surface area contributed by atoms with E-state index >= 15 is 0 Å². The quantitative estimate of drug-likeness (QED) is 0.486. The monoisotopic (exact) mass is 108 g/mol. The molecule has 2 rings (SSSR count). The minimum Gasteiger partial charge on any atom is -0.137 e. The van der Waals surface area contributed by atoms with E-state index in [2.05, 4.69) is 24.3 Å². The molecule has 2 bridgehead atoms. The van der Waals surface area contributed by atoms with E-state index in [9.17, 15) is 0 Å². The van der Waals surface area contributed by atoms with Gasteiger partial charge >= 0.3 is 0 Å². The number of fused-ring (bicyclic) bond motifs is 2. The first-order valence-corrected chi connectivity index (χ1v) is 3.05. The predicted octanol–water partition coefficient (Wildman–Crippen LogP) is 2.34. The molecule has 0 radical (unpaired) electrons. The number of benzene rings is 1. The molecule has 0 fully saturated rings. The van der Waals surface area contributed by atoms with Crippen molar-refractivity contribution in [3.63, 3.8) is 0 Å². The minimum absolute atomic E-state index is 1.38. The number of thiophene rings is 2. The number of hydrogen-bond acceptors (Lipinski definition) is 1. The van der Waals surface area contributed by atoms with E-state index in [1.807, 2.05) is 11.3 Å². The Morgan fingerprint density at radius 2 is 1.29 bits per heavy atom. The first-order chi connectivity index (χ1) is 3.45. The zero-order valence-corrected chi connectivity index (χ0v) is 4.53. The van der Waals surface area contributed by atoms with Crippen LogP contribution in [-0.4, -0.2) is 0 Å². The van der Waals surface area contributed by atoms with Gasteiger partial charge in [-0.3, -0.25) is 0 Å². The third-order valence-electron chi connectivity index (χ3n) is 1.06. The summed E-state index contributed by atoms with van der Waals surface area (Å²) in [5.74, 6) is 0. The smallest absolute Gasteiger partial charge is 0.0277 e. The summed E-state index contributed by atoms with van der Waals surface area (Å²) in [6.07, 6.45) is 0. The van der Waals surface area contributed by atoms with E-state index in [0.717, 1.165) is 0 Å². The lowest BCUT2D eigenvalue weighted by atomic mass is 10.4. The molecular formula is C6H4S. The van der Waals surface area contributed by atoms with Gasteiger partial charge in [0.2, 0.25) is 0 Å². The van der Waals surface area contributed by atoms with Crippen molar-refractivity contribution >= 4 is 20.7 Å². The van der Waals surface area contributed by atoms with E-state index < -0.39 is 0 Å². The molecule has 0 unspecified atom stereocenters. The molecule has 1 heteroatoms. The Morgan fingerprint density at radius 3 is 1.43 bits per heavy atom. The molecule has 0 N–H and O–H groups in total. The van der Waals surface area contributed by atoms with Gasteiger partial charge < -0.3 is 0 Å². The van der Waals surface area contributed by atoms with Gasteiger partial charge in [-0.25, -0.2) is 0 Å². The summed E-state index contributed by atoms with van der Waals surface area (Å²) in [7, 11) is 0. The van der Waals surface area contributed by atoms with Crippen LogP contribution in [0.25, 0.3) is 9.40 Å². The van der Waals surface area contributed by atoms with Crippen molar-refractivity contribution in [3.05, 3.63) is 24.3 Å². The second-order valence-electron chi connectivity index (χ2n) is 1.57. The van der Waals surface area contributed by atoms with Crippen molar-refractivity contribution in [1.29, 1.82) is 0 Å². The minimum atomic E-state index is 1.38. The zero-order chi connectivity index (χ0) is 4.69. The molecule has 2 heterocycles. The van der Waals surface area contributed by atoms with E-state index in [1.54, 1.807) is 0 Å². The first-order valence-electron chi connectivity index (χ1n) is 2.23. The van der Waals surface area contributed by atoms with Crippen molar-refractivity contribution in [1.82, 2.24) is 0 Å². The summed E-state index contributed by atoms with van der Waals surface area (Å²) in [6, 6.07) is 8.56. The van der Waals surface area contributed by atoms with Crippen molar-refractivity contribution in [2.75, 3.05) is 0 Å². The largest absolute Gasteiger partial charge is 0.137 e. The molecule has 0 aromatic carbocycles. The van der Waals surface area contributed by atoms with Crippen LogP contribution in [0.4, 0.5) is 0 Å². The molecule has 0 amide bonds. The summed E-state index contributed by atoms with van der Waals surface area (Å²) >= 11 is 1.84. The van der Waals surface area contributed by atoms with Crippen LogP contribution in [0.15, 0.2) is 24.3 Å². The van der Waals surface area contributed by atoms with Gasteiger partial charge in [0.15, 0.2) is 0 Å². The molecule has 0 saturated heterocycles. The molecule has 0 aliphatic rings. The lowest BCUT2D eigenvalue weighted by Gasteiger charge is -1.65. The van der Waals surface area contributed by atoms with Crippen LogP contribution in [0.3, 0.4) is 0 Å². The molecule has 2 aromatic heterocycles. The summed E-state index contributed by atoms with van der Waals surface area (Å²) in [5.41, 5.74) is 0. The molecule has 0 spiro atoms. The van der Waals surface area contributed by atoms with Crippen molar-refractivity contribution < 1.29 is 0 Å². The SMILES string of the molecule is c1cc2ccc1s2. The first kappa shape index (κ1) is 3.44. The highest BCUT2D eigenvalue weighted by Crippen LogP contribution is 2.22. The zero-order valence-electron chi connectivity index (χ0n) is 3.72. The molecular weight excluding hydrogens is 104 g/mol.